The first-order valence-electron chi connectivity index (χ1n) is 9.03. The number of esters is 1. The van der Waals surface area contributed by atoms with Crippen LogP contribution in [0.3, 0.4) is 0 Å². The highest BCUT2D eigenvalue weighted by Crippen LogP contribution is 2.42. The molecule has 1 aliphatic heterocycles. The number of pyridine rings is 1. The van der Waals surface area contributed by atoms with Crippen molar-refractivity contribution >= 4 is 17.7 Å². The topological polar surface area (TPSA) is 78.0 Å². The fraction of sp³-hybridized carbons (Fsp3) is 0.381. The Labute approximate surface area is 164 Å². The molecule has 0 saturated heterocycles. The van der Waals surface area contributed by atoms with Crippen LogP contribution in [0.25, 0.3) is 11.1 Å². The molecule has 2 heterocycles. The monoisotopic (exact) mass is 384 g/mol. The van der Waals surface area contributed by atoms with E-state index >= 15 is 0 Å². The third-order valence-electron chi connectivity index (χ3n) is 4.20. The molecule has 3 rings (SSSR count). The Hall–Kier alpha value is -3.09. The molecule has 7 nitrogen and oxygen atoms in total. The molecule has 0 unspecified atom stereocenters. The molecule has 0 saturated carbocycles. The fourth-order valence-electron chi connectivity index (χ4n) is 3.02. The zero-order chi connectivity index (χ0) is 20.5. The van der Waals surface area contributed by atoms with E-state index in [0.717, 1.165) is 5.69 Å². The van der Waals surface area contributed by atoms with Gasteiger partial charge in [0.25, 0.3) is 0 Å². The van der Waals surface area contributed by atoms with Gasteiger partial charge < -0.3 is 14.2 Å². The SMILES string of the molecule is COC(=O)c1cnc(C)cc1-c1cccc2c1OCCN2C(=O)OC(C)(C)C. The lowest BCUT2D eigenvalue weighted by molar-refractivity contribution is 0.0565. The summed E-state index contributed by atoms with van der Waals surface area (Å²) in [5.41, 5.74) is 2.41. The number of hydrogen-bond acceptors (Lipinski definition) is 6. The molecule has 0 N–H and O–H groups in total. The lowest BCUT2D eigenvalue weighted by atomic mass is 9.98. The van der Waals surface area contributed by atoms with E-state index in [2.05, 4.69) is 4.98 Å². The third kappa shape index (κ3) is 3.93. The lowest BCUT2D eigenvalue weighted by Gasteiger charge is -2.32. The van der Waals surface area contributed by atoms with Crippen molar-refractivity contribution in [2.24, 2.45) is 0 Å². The summed E-state index contributed by atoms with van der Waals surface area (Å²) in [7, 11) is 1.33. The Balaban J connectivity index is 2.10. The summed E-state index contributed by atoms with van der Waals surface area (Å²) in [6.07, 6.45) is 1.05. The van der Waals surface area contributed by atoms with E-state index in [1.165, 1.54) is 13.3 Å². The molecule has 2 aromatic rings. The molecule has 1 aliphatic rings. The number of ether oxygens (including phenoxy) is 3. The Morgan fingerprint density at radius 1 is 1.21 bits per heavy atom. The second kappa shape index (κ2) is 7.50. The molecule has 28 heavy (non-hydrogen) atoms. The number of methoxy groups -OCH3 is 1. The van der Waals surface area contributed by atoms with Crippen LogP contribution in [0.2, 0.25) is 0 Å². The van der Waals surface area contributed by atoms with E-state index in [1.807, 2.05) is 39.8 Å². The molecule has 0 radical (unpaired) electrons. The summed E-state index contributed by atoms with van der Waals surface area (Å²) in [6, 6.07) is 7.26. The average Bonchev–Trinajstić information content (AvgIpc) is 2.65. The van der Waals surface area contributed by atoms with Crippen LogP contribution in [0.15, 0.2) is 30.5 Å². The van der Waals surface area contributed by atoms with E-state index in [4.69, 9.17) is 14.2 Å². The van der Waals surface area contributed by atoms with Gasteiger partial charge in [0.05, 0.1) is 24.9 Å². The van der Waals surface area contributed by atoms with Gasteiger partial charge in [-0.3, -0.25) is 9.88 Å². The highest BCUT2D eigenvalue weighted by atomic mass is 16.6. The van der Waals surface area contributed by atoms with Crippen LogP contribution < -0.4 is 9.64 Å². The summed E-state index contributed by atoms with van der Waals surface area (Å²) in [6.45, 7) is 8.01. The van der Waals surface area contributed by atoms with E-state index < -0.39 is 17.7 Å². The number of benzene rings is 1. The highest BCUT2D eigenvalue weighted by Gasteiger charge is 2.30. The molecule has 7 heteroatoms. The van der Waals surface area contributed by atoms with E-state index in [1.54, 1.807) is 17.0 Å². The first-order valence-corrected chi connectivity index (χ1v) is 9.03. The second-order valence-corrected chi connectivity index (χ2v) is 7.50. The number of rotatable bonds is 2. The number of para-hydroxylation sites is 1. The van der Waals surface area contributed by atoms with Gasteiger partial charge in [0.2, 0.25) is 0 Å². The molecule has 0 aliphatic carbocycles. The van der Waals surface area contributed by atoms with Gasteiger partial charge in [0.1, 0.15) is 12.2 Å². The predicted molar refractivity (Wildman–Crippen MR) is 105 cm³/mol. The van der Waals surface area contributed by atoms with E-state index in [0.29, 0.717) is 41.3 Å². The van der Waals surface area contributed by atoms with Gasteiger partial charge in [-0.05, 0) is 39.8 Å². The minimum atomic E-state index is -0.604. The molecule has 1 aromatic heterocycles. The van der Waals surface area contributed by atoms with Crippen molar-refractivity contribution in [2.75, 3.05) is 25.2 Å². The minimum Gasteiger partial charge on any atom is -0.489 e. The minimum absolute atomic E-state index is 0.320. The van der Waals surface area contributed by atoms with Crippen molar-refractivity contribution in [3.63, 3.8) is 0 Å². The number of carbonyl (C=O) groups is 2. The molecule has 0 atom stereocenters. The van der Waals surface area contributed by atoms with Crippen molar-refractivity contribution in [3.8, 4) is 16.9 Å². The number of carbonyl (C=O) groups excluding carboxylic acids is 2. The van der Waals surface area contributed by atoms with Crippen LogP contribution in [-0.4, -0.2) is 42.9 Å². The number of aromatic nitrogens is 1. The van der Waals surface area contributed by atoms with Gasteiger partial charge in [-0.1, -0.05) is 12.1 Å². The predicted octanol–water partition coefficient (Wildman–Crippen LogP) is 3.98. The van der Waals surface area contributed by atoms with Gasteiger partial charge in [0.15, 0.2) is 5.75 Å². The second-order valence-electron chi connectivity index (χ2n) is 7.50. The van der Waals surface area contributed by atoms with Crippen LogP contribution in [0.5, 0.6) is 5.75 Å². The van der Waals surface area contributed by atoms with Crippen molar-refractivity contribution in [3.05, 3.63) is 41.7 Å². The Morgan fingerprint density at radius 3 is 2.64 bits per heavy atom. The number of hydrogen-bond donors (Lipinski definition) is 0. The molecular formula is C21H24N2O5. The quantitative estimate of drug-likeness (QED) is 0.729. The molecule has 0 spiro atoms. The van der Waals surface area contributed by atoms with Gasteiger partial charge in [-0.25, -0.2) is 9.59 Å². The van der Waals surface area contributed by atoms with Crippen LogP contribution in [0.4, 0.5) is 10.5 Å². The van der Waals surface area contributed by atoms with Gasteiger partial charge in [0, 0.05) is 23.0 Å². The number of fused-ring (bicyclic) bond motifs is 1. The van der Waals surface area contributed by atoms with Gasteiger partial charge in [-0.2, -0.15) is 0 Å². The average molecular weight is 384 g/mol. The highest BCUT2D eigenvalue weighted by molar-refractivity contribution is 6.00. The van der Waals surface area contributed by atoms with Crippen LogP contribution in [-0.2, 0) is 9.47 Å². The summed E-state index contributed by atoms with van der Waals surface area (Å²) in [5, 5.41) is 0. The van der Waals surface area contributed by atoms with Crippen molar-refractivity contribution in [1.29, 1.82) is 0 Å². The summed E-state index contributed by atoms with van der Waals surface area (Å²) >= 11 is 0. The summed E-state index contributed by atoms with van der Waals surface area (Å²) in [4.78, 5) is 30.7. The maximum absolute atomic E-state index is 12.7. The van der Waals surface area contributed by atoms with Crippen LogP contribution in [0, 0.1) is 6.92 Å². The molecular weight excluding hydrogens is 360 g/mol. The maximum Gasteiger partial charge on any atom is 0.415 e. The number of nitrogens with zero attached hydrogens (tertiary/aromatic N) is 2. The summed E-state index contributed by atoms with van der Waals surface area (Å²) in [5.74, 6) is 0.0373. The Bertz CT molecular complexity index is 917. The van der Waals surface area contributed by atoms with E-state index in [9.17, 15) is 9.59 Å². The van der Waals surface area contributed by atoms with E-state index in [-0.39, 0.29) is 0 Å². The zero-order valence-corrected chi connectivity index (χ0v) is 16.7. The van der Waals surface area contributed by atoms with Gasteiger partial charge in [-0.15, -0.1) is 0 Å². The van der Waals surface area contributed by atoms with Crippen LogP contribution in [0.1, 0.15) is 36.8 Å². The largest absolute Gasteiger partial charge is 0.489 e. The number of amides is 1. The first kappa shape index (κ1) is 19.7. The smallest absolute Gasteiger partial charge is 0.415 e. The molecule has 148 valence electrons. The number of anilines is 1. The van der Waals surface area contributed by atoms with Crippen LogP contribution >= 0.6 is 0 Å². The zero-order valence-electron chi connectivity index (χ0n) is 16.7. The molecule has 1 aromatic carbocycles. The molecule has 1 amide bonds. The van der Waals surface area contributed by atoms with Crippen molar-refractivity contribution in [1.82, 2.24) is 4.98 Å². The maximum atomic E-state index is 12.7. The standard InChI is InChI=1S/C21H24N2O5/c1-13-11-15(16(12-22-13)19(24)26-5)14-7-6-8-17-18(14)27-10-9-23(17)20(25)28-21(2,3)4/h6-8,11-12H,9-10H2,1-5H3. The van der Waals surface area contributed by atoms with Crippen molar-refractivity contribution in [2.45, 2.75) is 33.3 Å². The fourth-order valence-corrected chi connectivity index (χ4v) is 3.02. The van der Waals surface area contributed by atoms with Gasteiger partial charge >= 0.3 is 12.1 Å². The summed E-state index contributed by atoms with van der Waals surface area (Å²) < 4.78 is 16.3. The first-order chi connectivity index (χ1) is 13.2. The Kier molecular flexibility index (Phi) is 5.27. The normalized spacial score (nSPS) is 13.4. The number of aryl methyl sites for hydroxylation is 1. The van der Waals surface area contributed by atoms with Crippen molar-refractivity contribution < 1.29 is 23.8 Å². The third-order valence-corrected chi connectivity index (χ3v) is 4.20. The molecule has 0 fully saturated rings. The Morgan fingerprint density at radius 2 is 1.96 bits per heavy atom. The molecule has 0 bridgehead atoms. The lowest BCUT2D eigenvalue weighted by Crippen LogP contribution is -2.41.